The summed E-state index contributed by atoms with van der Waals surface area (Å²) in [4.78, 5) is 0. The molecule has 1 heterocycles. The first-order valence-corrected chi connectivity index (χ1v) is 6.80. The smallest absolute Gasteiger partial charge is 0.174 e. The fourth-order valence-corrected chi connectivity index (χ4v) is 2.99. The van der Waals surface area contributed by atoms with Crippen LogP contribution < -0.4 is 5.73 Å². The van der Waals surface area contributed by atoms with Crippen LogP contribution in [-0.4, -0.2) is 20.8 Å². The highest BCUT2D eigenvalue weighted by Crippen LogP contribution is 2.27. The average molecular weight is 276 g/mol. The summed E-state index contributed by atoms with van der Waals surface area (Å²) in [5, 5.41) is 17.1. The van der Waals surface area contributed by atoms with Gasteiger partial charge in [0.25, 0.3) is 0 Å². The van der Waals surface area contributed by atoms with E-state index in [0.717, 1.165) is 16.5 Å². The third-order valence-corrected chi connectivity index (χ3v) is 3.97. The molecule has 0 aliphatic heterocycles. The Morgan fingerprint density at radius 3 is 2.74 bits per heavy atom. The first-order chi connectivity index (χ1) is 9.13. The summed E-state index contributed by atoms with van der Waals surface area (Å²) in [6.45, 7) is 1.85. The number of nitrogens with zero attached hydrogens (tertiary/aromatic N) is 3. The van der Waals surface area contributed by atoms with Crippen molar-refractivity contribution < 1.29 is 5.21 Å². The lowest BCUT2D eigenvalue weighted by atomic mass is 10.2. The number of aromatic nitrogens is 2. The molecule has 0 saturated heterocycles. The molecule has 0 amide bonds. The van der Waals surface area contributed by atoms with Crippen LogP contribution in [0.15, 0.2) is 40.5 Å². The number of thioether (sulfide) groups is 1. The fraction of sp³-hybridized carbons (Fsp3) is 0.231. The molecular formula is C13H16N4OS. The largest absolute Gasteiger partial charge is 0.409 e. The van der Waals surface area contributed by atoms with Crippen molar-refractivity contribution in [1.29, 1.82) is 0 Å². The van der Waals surface area contributed by atoms with Gasteiger partial charge in [-0.1, -0.05) is 35.5 Å². The van der Waals surface area contributed by atoms with E-state index in [2.05, 4.69) is 22.4 Å². The highest BCUT2D eigenvalue weighted by Gasteiger charge is 2.17. The molecule has 2 rings (SSSR count). The molecule has 0 aliphatic rings. The summed E-state index contributed by atoms with van der Waals surface area (Å²) >= 11 is 1.62. The SMILES string of the molecule is Cc1nn(C)c(SCc2ccccc2)c1C(N)=NO. The van der Waals surface area contributed by atoms with Crippen LogP contribution >= 0.6 is 11.8 Å². The highest BCUT2D eigenvalue weighted by atomic mass is 32.2. The quantitative estimate of drug-likeness (QED) is 0.295. The van der Waals surface area contributed by atoms with Crippen molar-refractivity contribution in [2.24, 2.45) is 17.9 Å². The number of oxime groups is 1. The second kappa shape index (κ2) is 5.79. The Bertz CT molecular complexity index is 592. The van der Waals surface area contributed by atoms with Gasteiger partial charge in [-0.3, -0.25) is 4.68 Å². The van der Waals surface area contributed by atoms with Crippen molar-refractivity contribution in [3.05, 3.63) is 47.2 Å². The average Bonchev–Trinajstić information content (AvgIpc) is 2.71. The van der Waals surface area contributed by atoms with Gasteiger partial charge in [-0.2, -0.15) is 5.10 Å². The van der Waals surface area contributed by atoms with Gasteiger partial charge in [0.2, 0.25) is 0 Å². The molecular weight excluding hydrogens is 260 g/mol. The summed E-state index contributed by atoms with van der Waals surface area (Å²) in [6.07, 6.45) is 0. The van der Waals surface area contributed by atoms with Crippen LogP contribution in [0.3, 0.4) is 0 Å². The van der Waals surface area contributed by atoms with E-state index in [0.29, 0.717) is 5.56 Å². The molecule has 5 nitrogen and oxygen atoms in total. The second-order valence-electron chi connectivity index (χ2n) is 4.15. The monoisotopic (exact) mass is 276 g/mol. The zero-order valence-electron chi connectivity index (χ0n) is 10.9. The van der Waals surface area contributed by atoms with Crippen LogP contribution in [0.2, 0.25) is 0 Å². The lowest BCUT2D eigenvalue weighted by Gasteiger charge is -2.05. The van der Waals surface area contributed by atoms with Crippen molar-refractivity contribution in [1.82, 2.24) is 9.78 Å². The molecule has 0 fully saturated rings. The zero-order valence-corrected chi connectivity index (χ0v) is 11.7. The normalized spacial score (nSPS) is 11.8. The van der Waals surface area contributed by atoms with Gasteiger partial charge in [0, 0.05) is 12.8 Å². The number of amidine groups is 1. The Balaban J connectivity index is 2.25. The molecule has 0 aliphatic carbocycles. The second-order valence-corrected chi connectivity index (χ2v) is 5.11. The minimum Gasteiger partial charge on any atom is -0.409 e. The van der Waals surface area contributed by atoms with Gasteiger partial charge in [-0.15, -0.1) is 11.8 Å². The molecule has 0 bridgehead atoms. The van der Waals surface area contributed by atoms with Crippen LogP contribution in [0, 0.1) is 6.92 Å². The van der Waals surface area contributed by atoms with E-state index >= 15 is 0 Å². The first kappa shape index (κ1) is 13.5. The first-order valence-electron chi connectivity index (χ1n) is 5.81. The van der Waals surface area contributed by atoms with Gasteiger partial charge in [0.05, 0.1) is 11.3 Å². The molecule has 0 unspecified atom stereocenters. The van der Waals surface area contributed by atoms with Gasteiger partial charge in [-0.25, -0.2) is 0 Å². The summed E-state index contributed by atoms with van der Waals surface area (Å²) in [5.74, 6) is 0.909. The summed E-state index contributed by atoms with van der Waals surface area (Å²) in [7, 11) is 1.86. The summed E-state index contributed by atoms with van der Waals surface area (Å²) in [5.41, 5.74) is 8.39. The van der Waals surface area contributed by atoms with Crippen molar-refractivity contribution >= 4 is 17.6 Å². The maximum Gasteiger partial charge on any atom is 0.174 e. The zero-order chi connectivity index (χ0) is 13.8. The Morgan fingerprint density at radius 1 is 1.42 bits per heavy atom. The summed E-state index contributed by atoms with van der Waals surface area (Å²) in [6, 6.07) is 10.1. The fourth-order valence-electron chi connectivity index (χ4n) is 1.87. The van der Waals surface area contributed by atoms with Gasteiger partial charge in [0.1, 0.15) is 5.03 Å². The van der Waals surface area contributed by atoms with Gasteiger partial charge in [0.15, 0.2) is 5.84 Å². The van der Waals surface area contributed by atoms with E-state index in [9.17, 15) is 0 Å². The Morgan fingerprint density at radius 2 is 2.11 bits per heavy atom. The van der Waals surface area contributed by atoms with Gasteiger partial charge in [-0.05, 0) is 12.5 Å². The van der Waals surface area contributed by atoms with E-state index in [1.165, 1.54) is 5.56 Å². The lowest BCUT2D eigenvalue weighted by Crippen LogP contribution is -2.15. The molecule has 1 aromatic heterocycles. The van der Waals surface area contributed by atoms with E-state index < -0.39 is 0 Å². The van der Waals surface area contributed by atoms with Crippen molar-refractivity contribution in [3.8, 4) is 0 Å². The van der Waals surface area contributed by atoms with Crippen LogP contribution in [0.25, 0.3) is 0 Å². The molecule has 1 aromatic carbocycles. The number of nitrogens with two attached hydrogens (primary N) is 1. The van der Waals surface area contributed by atoms with Gasteiger partial charge >= 0.3 is 0 Å². The molecule has 0 saturated carbocycles. The Labute approximate surface area is 116 Å². The molecule has 0 atom stereocenters. The predicted octanol–water partition coefficient (Wildman–Crippen LogP) is 2.12. The number of hydrogen-bond acceptors (Lipinski definition) is 4. The Kier molecular flexibility index (Phi) is 4.11. The Hall–Kier alpha value is -1.95. The van der Waals surface area contributed by atoms with E-state index in [-0.39, 0.29) is 5.84 Å². The third-order valence-electron chi connectivity index (χ3n) is 2.75. The minimum absolute atomic E-state index is 0.0983. The van der Waals surface area contributed by atoms with Crippen LogP contribution in [0.1, 0.15) is 16.8 Å². The molecule has 19 heavy (non-hydrogen) atoms. The third kappa shape index (κ3) is 2.90. The molecule has 6 heteroatoms. The molecule has 100 valence electrons. The number of hydrogen-bond donors (Lipinski definition) is 2. The van der Waals surface area contributed by atoms with E-state index in [1.807, 2.05) is 32.2 Å². The molecule has 0 spiro atoms. The maximum absolute atomic E-state index is 8.85. The molecule has 3 N–H and O–H groups in total. The van der Waals surface area contributed by atoms with E-state index in [1.54, 1.807) is 16.4 Å². The van der Waals surface area contributed by atoms with Crippen LogP contribution in [0.5, 0.6) is 0 Å². The van der Waals surface area contributed by atoms with Crippen LogP contribution in [0.4, 0.5) is 0 Å². The number of rotatable bonds is 4. The maximum atomic E-state index is 8.85. The standard InChI is InChI=1S/C13H16N4OS/c1-9-11(12(14)16-18)13(17(2)15-9)19-8-10-6-4-3-5-7-10/h3-7,18H,8H2,1-2H3,(H2,14,16). The van der Waals surface area contributed by atoms with E-state index in [4.69, 9.17) is 10.9 Å². The number of aryl methyl sites for hydroxylation is 2. The molecule has 2 aromatic rings. The topological polar surface area (TPSA) is 76.4 Å². The van der Waals surface area contributed by atoms with Crippen LogP contribution in [-0.2, 0) is 12.8 Å². The van der Waals surface area contributed by atoms with Gasteiger partial charge < -0.3 is 10.9 Å². The van der Waals surface area contributed by atoms with Crippen molar-refractivity contribution in [2.75, 3.05) is 0 Å². The summed E-state index contributed by atoms with van der Waals surface area (Å²) < 4.78 is 1.76. The van der Waals surface area contributed by atoms with Crippen molar-refractivity contribution in [3.63, 3.8) is 0 Å². The number of benzene rings is 1. The lowest BCUT2D eigenvalue weighted by molar-refractivity contribution is 0.318. The van der Waals surface area contributed by atoms with Crippen molar-refractivity contribution in [2.45, 2.75) is 17.7 Å². The highest BCUT2D eigenvalue weighted by molar-refractivity contribution is 7.98. The minimum atomic E-state index is 0.0983. The predicted molar refractivity (Wildman–Crippen MR) is 76.5 cm³/mol. The molecule has 0 radical (unpaired) electrons.